The molecular weight excluding hydrogens is 330 g/mol. The van der Waals surface area contributed by atoms with Crippen molar-refractivity contribution in [1.82, 2.24) is 0 Å². The Morgan fingerprint density at radius 2 is 2.10 bits per heavy atom. The summed E-state index contributed by atoms with van der Waals surface area (Å²) in [6.07, 6.45) is 7.02. The Morgan fingerprint density at radius 1 is 1.29 bits per heavy atom. The van der Waals surface area contributed by atoms with Gasteiger partial charge in [0, 0.05) is 24.2 Å². The monoisotopic (exact) mass is 345 g/mol. The fraction of sp³-hybridized carbons (Fsp3) is 0.235. The number of benzene rings is 1. The van der Waals surface area contributed by atoms with Crippen LogP contribution in [0.2, 0.25) is 0 Å². The summed E-state index contributed by atoms with van der Waals surface area (Å²) < 4.78 is 1.10. The number of hydrogen-bond acceptors (Lipinski definition) is 3. The number of carbonyl (C=O) groups excluding carboxylic acids is 1. The van der Waals surface area contributed by atoms with Crippen LogP contribution in [0.15, 0.2) is 58.1 Å². The molecule has 1 aromatic carbocycles. The van der Waals surface area contributed by atoms with Gasteiger partial charge in [-0.2, -0.15) is 0 Å². The van der Waals surface area contributed by atoms with Crippen molar-refractivity contribution < 1.29 is 9.90 Å². The molecule has 0 amide bonds. The maximum absolute atomic E-state index is 11.0. The van der Waals surface area contributed by atoms with E-state index in [4.69, 9.17) is 0 Å². The zero-order valence-corrected chi connectivity index (χ0v) is 13.1. The van der Waals surface area contributed by atoms with Crippen LogP contribution in [-0.4, -0.2) is 24.5 Å². The number of aldehydes is 1. The van der Waals surface area contributed by atoms with E-state index in [1.54, 1.807) is 0 Å². The first-order valence-corrected chi connectivity index (χ1v) is 7.70. The predicted molar refractivity (Wildman–Crippen MR) is 87.5 cm³/mol. The highest BCUT2D eigenvalue weighted by Gasteiger charge is 2.23. The van der Waals surface area contributed by atoms with E-state index < -0.39 is 6.10 Å². The highest BCUT2D eigenvalue weighted by Crippen LogP contribution is 2.36. The standard InChI is InChI=1S/C17H16BrNO2/c18-14-6-5-12-11-19(7-8-20)16-4-2-1-3-15(16)17(21)10-13(12)9-14/h1-6,8,10,17,21H,7,9,11H2/b13-10-. The number of aliphatic hydroxyl groups is 1. The Balaban J connectivity index is 2.10. The lowest BCUT2D eigenvalue weighted by atomic mass is 9.91. The Morgan fingerprint density at radius 3 is 2.90 bits per heavy atom. The fourth-order valence-corrected chi connectivity index (χ4v) is 3.26. The number of hydrogen-bond donors (Lipinski definition) is 1. The molecule has 0 spiro atoms. The quantitative estimate of drug-likeness (QED) is 0.836. The third-order valence-electron chi connectivity index (χ3n) is 3.85. The van der Waals surface area contributed by atoms with E-state index >= 15 is 0 Å². The minimum atomic E-state index is -0.660. The van der Waals surface area contributed by atoms with E-state index in [1.807, 2.05) is 41.3 Å². The van der Waals surface area contributed by atoms with Crippen LogP contribution in [0.25, 0.3) is 0 Å². The second-order valence-electron chi connectivity index (χ2n) is 5.22. The summed E-state index contributed by atoms with van der Waals surface area (Å²) in [7, 11) is 0. The largest absolute Gasteiger partial charge is 0.384 e. The molecule has 1 unspecified atom stereocenters. The number of para-hydroxylation sites is 1. The van der Waals surface area contributed by atoms with Crippen LogP contribution in [0.3, 0.4) is 0 Å². The van der Waals surface area contributed by atoms with Gasteiger partial charge in [0.25, 0.3) is 0 Å². The minimum absolute atomic E-state index is 0.319. The van der Waals surface area contributed by atoms with E-state index in [2.05, 4.69) is 22.0 Å². The van der Waals surface area contributed by atoms with Crippen molar-refractivity contribution in [3.05, 3.63) is 63.7 Å². The van der Waals surface area contributed by atoms with Gasteiger partial charge in [-0.3, -0.25) is 0 Å². The van der Waals surface area contributed by atoms with Crippen LogP contribution in [-0.2, 0) is 4.79 Å². The molecule has 1 aliphatic carbocycles. The molecule has 0 bridgehead atoms. The number of aliphatic hydroxyl groups excluding tert-OH is 1. The van der Waals surface area contributed by atoms with E-state index in [9.17, 15) is 9.90 Å². The van der Waals surface area contributed by atoms with Gasteiger partial charge in [-0.15, -0.1) is 0 Å². The SMILES string of the molecule is O=CCN1CC2=CC=C(Br)C/C2=C/C(O)c2ccccc21. The molecule has 0 aromatic heterocycles. The van der Waals surface area contributed by atoms with Crippen LogP contribution in [0.1, 0.15) is 18.1 Å². The van der Waals surface area contributed by atoms with Gasteiger partial charge < -0.3 is 14.8 Å². The summed E-state index contributed by atoms with van der Waals surface area (Å²) in [4.78, 5) is 13.0. The average molecular weight is 346 g/mol. The van der Waals surface area contributed by atoms with Gasteiger partial charge in [-0.1, -0.05) is 46.3 Å². The second-order valence-corrected chi connectivity index (χ2v) is 6.24. The van der Waals surface area contributed by atoms with Crippen molar-refractivity contribution in [2.24, 2.45) is 0 Å². The van der Waals surface area contributed by atoms with Crippen LogP contribution in [0, 0.1) is 0 Å². The Labute approximate surface area is 132 Å². The zero-order valence-electron chi connectivity index (χ0n) is 11.5. The zero-order chi connectivity index (χ0) is 14.8. The van der Waals surface area contributed by atoms with Gasteiger partial charge >= 0.3 is 0 Å². The first kappa shape index (κ1) is 14.3. The molecule has 0 radical (unpaired) electrons. The molecule has 3 rings (SSSR count). The number of anilines is 1. The van der Waals surface area contributed by atoms with Crippen molar-refractivity contribution in [2.45, 2.75) is 12.5 Å². The van der Waals surface area contributed by atoms with Gasteiger partial charge in [0.05, 0.1) is 12.6 Å². The molecule has 0 saturated carbocycles. The Hall–Kier alpha value is -1.65. The average Bonchev–Trinajstić information content (AvgIpc) is 2.48. The number of rotatable bonds is 2. The van der Waals surface area contributed by atoms with Crippen LogP contribution in [0.4, 0.5) is 5.69 Å². The van der Waals surface area contributed by atoms with Crippen LogP contribution < -0.4 is 4.90 Å². The first-order chi connectivity index (χ1) is 10.2. The van der Waals surface area contributed by atoms with Gasteiger partial charge in [0.1, 0.15) is 6.29 Å². The van der Waals surface area contributed by atoms with Crippen molar-refractivity contribution >= 4 is 27.9 Å². The summed E-state index contributed by atoms with van der Waals surface area (Å²) in [6, 6.07) is 7.71. The number of nitrogens with zero attached hydrogens (tertiary/aromatic N) is 1. The summed E-state index contributed by atoms with van der Waals surface area (Å²) in [5.41, 5.74) is 4.02. The Kier molecular flexibility index (Phi) is 4.08. The molecule has 3 nitrogen and oxygen atoms in total. The molecule has 1 atom stereocenters. The number of fused-ring (bicyclic) bond motifs is 2. The van der Waals surface area contributed by atoms with Crippen LogP contribution in [0.5, 0.6) is 0 Å². The van der Waals surface area contributed by atoms with Gasteiger partial charge in [0.15, 0.2) is 0 Å². The molecule has 108 valence electrons. The molecule has 1 aliphatic heterocycles. The normalized spacial score (nSPS) is 23.6. The lowest BCUT2D eigenvalue weighted by Gasteiger charge is -2.31. The number of allylic oxidation sites excluding steroid dienone is 3. The van der Waals surface area contributed by atoms with Gasteiger partial charge in [0.2, 0.25) is 0 Å². The lowest BCUT2D eigenvalue weighted by molar-refractivity contribution is -0.106. The molecule has 2 aliphatic rings. The molecule has 1 N–H and O–H groups in total. The van der Waals surface area contributed by atoms with E-state index in [0.717, 1.165) is 39.6 Å². The molecule has 4 heteroatoms. The topological polar surface area (TPSA) is 40.5 Å². The maximum Gasteiger partial charge on any atom is 0.139 e. The highest BCUT2D eigenvalue weighted by molar-refractivity contribution is 9.11. The fourth-order valence-electron chi connectivity index (χ4n) is 2.82. The molecule has 21 heavy (non-hydrogen) atoms. The third-order valence-corrected chi connectivity index (χ3v) is 4.39. The predicted octanol–water partition coefficient (Wildman–Crippen LogP) is 3.27. The number of halogens is 1. The smallest absolute Gasteiger partial charge is 0.139 e. The van der Waals surface area contributed by atoms with E-state index in [0.29, 0.717) is 13.1 Å². The van der Waals surface area contributed by atoms with Crippen molar-refractivity contribution in [3.63, 3.8) is 0 Å². The van der Waals surface area contributed by atoms with E-state index in [-0.39, 0.29) is 0 Å². The molecule has 1 heterocycles. The molecule has 0 fully saturated rings. The van der Waals surface area contributed by atoms with Crippen LogP contribution >= 0.6 is 15.9 Å². The maximum atomic E-state index is 11.0. The molecular formula is C17H16BrNO2. The molecule has 0 saturated heterocycles. The summed E-state index contributed by atoms with van der Waals surface area (Å²) in [5, 5.41) is 10.5. The summed E-state index contributed by atoms with van der Waals surface area (Å²) in [5.74, 6) is 0. The van der Waals surface area contributed by atoms with E-state index in [1.165, 1.54) is 0 Å². The number of carbonyl (C=O) groups is 1. The Bertz CT molecular complexity index is 661. The molecule has 1 aromatic rings. The first-order valence-electron chi connectivity index (χ1n) is 6.91. The summed E-state index contributed by atoms with van der Waals surface area (Å²) in [6.45, 7) is 0.990. The summed E-state index contributed by atoms with van der Waals surface area (Å²) >= 11 is 3.52. The van der Waals surface area contributed by atoms with Crippen molar-refractivity contribution in [3.8, 4) is 0 Å². The van der Waals surface area contributed by atoms with Gasteiger partial charge in [-0.05, 0) is 27.8 Å². The minimum Gasteiger partial charge on any atom is -0.384 e. The van der Waals surface area contributed by atoms with Gasteiger partial charge in [-0.25, -0.2) is 0 Å². The second kappa shape index (κ2) is 6.00. The highest BCUT2D eigenvalue weighted by atomic mass is 79.9. The van der Waals surface area contributed by atoms with Crippen molar-refractivity contribution in [2.75, 3.05) is 18.0 Å². The lowest BCUT2D eigenvalue weighted by Crippen LogP contribution is -2.31. The third kappa shape index (κ3) is 2.87. The van der Waals surface area contributed by atoms with Crippen molar-refractivity contribution in [1.29, 1.82) is 0 Å².